The lowest BCUT2D eigenvalue weighted by molar-refractivity contribution is -0.134. The maximum atomic E-state index is 12.6. The van der Waals surface area contributed by atoms with Crippen molar-refractivity contribution in [2.45, 2.75) is 19.6 Å². The number of rotatable bonds is 7. The number of likely N-dealkylation sites (N-methyl/N-ethyl adjacent to an activating group) is 1. The van der Waals surface area contributed by atoms with Crippen LogP contribution in [0.1, 0.15) is 21.6 Å². The highest BCUT2D eigenvalue weighted by atomic mass is 35.5. The molecule has 4 rings (SSSR count). The van der Waals surface area contributed by atoms with E-state index in [0.29, 0.717) is 36.9 Å². The number of benzene rings is 2. The number of hydrogen-bond acceptors (Lipinski definition) is 6. The first-order valence-electron chi connectivity index (χ1n) is 10.5. The molecular formula is C24H24ClN3O5. The van der Waals surface area contributed by atoms with E-state index in [0.717, 1.165) is 5.56 Å². The van der Waals surface area contributed by atoms with Crippen LogP contribution in [0.15, 0.2) is 54.6 Å². The minimum atomic E-state index is -0.690. The quantitative estimate of drug-likeness (QED) is 0.493. The summed E-state index contributed by atoms with van der Waals surface area (Å²) in [4.78, 5) is 26.6. The van der Waals surface area contributed by atoms with Crippen molar-refractivity contribution in [3.63, 3.8) is 0 Å². The molecule has 1 aliphatic heterocycles. The maximum Gasteiger partial charge on any atom is 0.343 e. The molecule has 0 N–H and O–H groups in total. The normalized spacial score (nSPS) is 14.6. The lowest BCUT2D eigenvalue weighted by atomic mass is 10.2. The van der Waals surface area contributed by atoms with Gasteiger partial charge in [0.1, 0.15) is 17.3 Å². The predicted octanol–water partition coefficient (Wildman–Crippen LogP) is 3.35. The molecule has 0 radical (unpaired) electrons. The molecule has 33 heavy (non-hydrogen) atoms. The van der Waals surface area contributed by atoms with E-state index in [4.69, 9.17) is 25.8 Å². The van der Waals surface area contributed by atoms with E-state index in [9.17, 15) is 9.59 Å². The zero-order chi connectivity index (χ0) is 23.4. The molecule has 0 saturated carbocycles. The van der Waals surface area contributed by atoms with E-state index < -0.39 is 12.6 Å². The zero-order valence-corrected chi connectivity index (χ0v) is 19.1. The molecule has 3 aromatic rings. The van der Waals surface area contributed by atoms with E-state index in [-0.39, 0.29) is 22.7 Å². The van der Waals surface area contributed by atoms with Crippen LogP contribution in [-0.4, -0.2) is 59.5 Å². The molecule has 2 aromatic carbocycles. The van der Waals surface area contributed by atoms with E-state index >= 15 is 0 Å². The second-order valence-electron chi connectivity index (χ2n) is 7.74. The van der Waals surface area contributed by atoms with Gasteiger partial charge in [-0.25, -0.2) is 9.48 Å². The van der Waals surface area contributed by atoms with Crippen molar-refractivity contribution >= 4 is 23.5 Å². The Morgan fingerprint density at radius 1 is 1.15 bits per heavy atom. The van der Waals surface area contributed by atoms with E-state index in [2.05, 4.69) is 5.10 Å². The third kappa shape index (κ3) is 5.28. The third-order valence-electron chi connectivity index (χ3n) is 5.24. The minimum absolute atomic E-state index is 0.156. The van der Waals surface area contributed by atoms with Crippen molar-refractivity contribution in [3.05, 3.63) is 76.6 Å². The van der Waals surface area contributed by atoms with Gasteiger partial charge >= 0.3 is 5.97 Å². The summed E-state index contributed by atoms with van der Waals surface area (Å²) in [6, 6.07) is 17.0. The van der Waals surface area contributed by atoms with Crippen LogP contribution in [0.3, 0.4) is 0 Å². The van der Waals surface area contributed by atoms with Crippen LogP contribution in [0.25, 0.3) is 0 Å². The average molecular weight is 470 g/mol. The molecule has 1 atom stereocenters. The van der Waals surface area contributed by atoms with E-state index in [1.807, 2.05) is 54.6 Å². The fourth-order valence-electron chi connectivity index (χ4n) is 3.52. The first-order chi connectivity index (χ1) is 15.9. The number of carbonyl (C=O) groups excluding carboxylic acids is 2. The molecule has 1 amide bonds. The van der Waals surface area contributed by atoms with Crippen molar-refractivity contribution in [2.24, 2.45) is 0 Å². The summed E-state index contributed by atoms with van der Waals surface area (Å²) in [5.74, 6) is 0.261. The first kappa shape index (κ1) is 22.7. The standard InChI is InChI=1S/C24H24ClN3O5/c1-16-22(23(25)28(26-16)12-17-8-4-3-5-9-17)24(30)32-15-21(29)27(2)13-18-14-31-19-10-6-7-11-20(19)33-18/h3-11,18H,12-15H2,1-2H3. The van der Waals surface area contributed by atoms with Gasteiger partial charge in [0.25, 0.3) is 5.91 Å². The second kappa shape index (κ2) is 9.95. The van der Waals surface area contributed by atoms with Gasteiger partial charge in [0.05, 0.1) is 18.8 Å². The van der Waals surface area contributed by atoms with Crippen LogP contribution in [0.5, 0.6) is 11.5 Å². The largest absolute Gasteiger partial charge is 0.486 e. The fourth-order valence-corrected chi connectivity index (χ4v) is 3.83. The summed E-state index contributed by atoms with van der Waals surface area (Å²) in [6.07, 6.45) is -0.322. The molecule has 0 aliphatic carbocycles. The number of nitrogens with zero attached hydrogens (tertiary/aromatic N) is 3. The first-order valence-corrected chi connectivity index (χ1v) is 10.9. The Kier molecular flexibility index (Phi) is 6.84. The van der Waals surface area contributed by atoms with Crippen LogP contribution in [0.4, 0.5) is 0 Å². The van der Waals surface area contributed by atoms with Crippen LogP contribution < -0.4 is 9.47 Å². The second-order valence-corrected chi connectivity index (χ2v) is 8.10. The van der Waals surface area contributed by atoms with Gasteiger partial charge < -0.3 is 19.1 Å². The van der Waals surface area contributed by atoms with Crippen molar-refractivity contribution in [1.82, 2.24) is 14.7 Å². The summed E-state index contributed by atoms with van der Waals surface area (Å²) >= 11 is 6.40. The number of halogens is 1. The molecule has 0 fully saturated rings. The number of ether oxygens (including phenoxy) is 3. The number of carbonyl (C=O) groups is 2. The Bertz CT molecular complexity index is 1150. The molecule has 9 heteroatoms. The molecule has 0 bridgehead atoms. The summed E-state index contributed by atoms with van der Waals surface area (Å²) in [5, 5.41) is 4.52. The van der Waals surface area contributed by atoms with Gasteiger partial charge in [0.2, 0.25) is 0 Å². The van der Waals surface area contributed by atoms with E-state index in [1.165, 1.54) is 9.58 Å². The molecule has 172 valence electrons. The van der Waals surface area contributed by atoms with Crippen molar-refractivity contribution < 1.29 is 23.8 Å². The van der Waals surface area contributed by atoms with Crippen LogP contribution in [0.2, 0.25) is 5.15 Å². The van der Waals surface area contributed by atoms with Gasteiger partial charge in [0.15, 0.2) is 24.2 Å². The van der Waals surface area contributed by atoms with Crippen LogP contribution in [0, 0.1) is 6.92 Å². The number of amides is 1. The summed E-state index contributed by atoms with van der Waals surface area (Å²) in [7, 11) is 1.62. The number of hydrogen-bond donors (Lipinski definition) is 0. The highest BCUT2D eigenvalue weighted by molar-refractivity contribution is 6.32. The summed E-state index contributed by atoms with van der Waals surface area (Å²) in [6.45, 7) is 2.29. The van der Waals surface area contributed by atoms with Crippen molar-refractivity contribution in [1.29, 1.82) is 0 Å². The molecule has 1 aromatic heterocycles. The van der Waals surface area contributed by atoms with Gasteiger partial charge in [-0.3, -0.25) is 4.79 Å². The molecule has 1 aliphatic rings. The molecular weight excluding hydrogens is 446 g/mol. The van der Waals surface area contributed by atoms with E-state index in [1.54, 1.807) is 14.0 Å². The molecule has 0 spiro atoms. The van der Waals surface area contributed by atoms with Gasteiger partial charge in [-0.2, -0.15) is 5.10 Å². The van der Waals surface area contributed by atoms with Crippen molar-refractivity contribution in [2.75, 3.05) is 26.8 Å². The number of aromatic nitrogens is 2. The fraction of sp³-hybridized carbons (Fsp3) is 0.292. The number of para-hydroxylation sites is 2. The van der Waals surface area contributed by atoms with Gasteiger partial charge in [0, 0.05) is 7.05 Å². The van der Waals surface area contributed by atoms with Gasteiger partial charge in [-0.15, -0.1) is 0 Å². The number of aryl methyl sites for hydroxylation is 1. The molecule has 0 saturated heterocycles. The maximum absolute atomic E-state index is 12.6. The average Bonchev–Trinajstić information content (AvgIpc) is 3.10. The van der Waals surface area contributed by atoms with Gasteiger partial charge in [-0.05, 0) is 24.6 Å². The minimum Gasteiger partial charge on any atom is -0.486 e. The summed E-state index contributed by atoms with van der Waals surface area (Å²) < 4.78 is 18.3. The SMILES string of the molecule is Cc1nn(Cc2ccccc2)c(Cl)c1C(=O)OCC(=O)N(C)CC1COc2ccccc2O1. The Hall–Kier alpha value is -3.52. The number of esters is 1. The van der Waals surface area contributed by atoms with Gasteiger partial charge in [-0.1, -0.05) is 54.1 Å². The smallest absolute Gasteiger partial charge is 0.343 e. The highest BCUT2D eigenvalue weighted by Crippen LogP contribution is 2.31. The Balaban J connectivity index is 1.31. The highest BCUT2D eigenvalue weighted by Gasteiger charge is 2.26. The third-order valence-corrected chi connectivity index (χ3v) is 5.63. The molecule has 8 nitrogen and oxygen atoms in total. The van der Waals surface area contributed by atoms with Crippen LogP contribution in [-0.2, 0) is 16.1 Å². The Morgan fingerprint density at radius 3 is 2.61 bits per heavy atom. The lowest BCUT2D eigenvalue weighted by Gasteiger charge is -2.29. The Morgan fingerprint density at radius 2 is 1.85 bits per heavy atom. The predicted molar refractivity (Wildman–Crippen MR) is 122 cm³/mol. The Labute approximate surface area is 196 Å². The van der Waals surface area contributed by atoms with Crippen molar-refractivity contribution in [3.8, 4) is 11.5 Å². The monoisotopic (exact) mass is 469 g/mol. The van der Waals surface area contributed by atoms with Crippen LogP contribution >= 0.6 is 11.6 Å². The molecule has 2 heterocycles. The zero-order valence-electron chi connectivity index (χ0n) is 18.4. The summed E-state index contributed by atoms with van der Waals surface area (Å²) in [5.41, 5.74) is 1.59. The lowest BCUT2D eigenvalue weighted by Crippen LogP contribution is -2.43. The number of fused-ring (bicyclic) bond motifs is 1. The topological polar surface area (TPSA) is 82.9 Å². The molecule has 1 unspecified atom stereocenters.